The Morgan fingerprint density at radius 2 is 1.58 bits per heavy atom. The van der Waals surface area contributed by atoms with Crippen LogP contribution in [0.25, 0.3) is 6.08 Å². The second-order valence-corrected chi connectivity index (χ2v) is 18.0. The number of carbonyl (C=O) groups excluding carboxylic acids is 3. The van der Waals surface area contributed by atoms with Crippen molar-refractivity contribution in [2.75, 3.05) is 7.11 Å². The number of esters is 1. The van der Waals surface area contributed by atoms with Gasteiger partial charge in [0.25, 0.3) is 0 Å². The van der Waals surface area contributed by atoms with Crippen LogP contribution in [0.3, 0.4) is 0 Å². The molecular weight excluding hydrogens is 620 g/mol. The van der Waals surface area contributed by atoms with Crippen molar-refractivity contribution < 1.29 is 23.9 Å². The summed E-state index contributed by atoms with van der Waals surface area (Å²) in [4.78, 5) is 44.4. The molecule has 0 spiro atoms. The van der Waals surface area contributed by atoms with Gasteiger partial charge in [0, 0.05) is 11.5 Å². The molecular formula is C45H56O5. The van der Waals surface area contributed by atoms with Crippen molar-refractivity contribution in [3.05, 3.63) is 82.9 Å². The number of fused-ring (bicyclic) bond motifs is 7. The van der Waals surface area contributed by atoms with E-state index in [1.54, 1.807) is 14.0 Å². The highest BCUT2D eigenvalue weighted by atomic mass is 16.5. The van der Waals surface area contributed by atoms with E-state index in [0.29, 0.717) is 41.9 Å². The van der Waals surface area contributed by atoms with E-state index in [0.717, 1.165) is 24.0 Å². The molecule has 5 heteroatoms. The highest BCUT2D eigenvalue weighted by Crippen LogP contribution is 2.75. The number of carbonyl (C=O) groups is 3. The average molecular weight is 677 g/mol. The van der Waals surface area contributed by atoms with Gasteiger partial charge in [-0.25, -0.2) is 0 Å². The number of hydrogen-bond acceptors (Lipinski definition) is 5. The van der Waals surface area contributed by atoms with Gasteiger partial charge in [0.1, 0.15) is 17.8 Å². The summed E-state index contributed by atoms with van der Waals surface area (Å²) in [7, 11) is 1.63. The monoisotopic (exact) mass is 676 g/mol. The fourth-order valence-corrected chi connectivity index (χ4v) is 12.4. The number of benzene rings is 2. The Labute approximate surface area is 299 Å². The first-order valence-electron chi connectivity index (χ1n) is 19.0. The van der Waals surface area contributed by atoms with Crippen LogP contribution < -0.4 is 4.74 Å². The van der Waals surface area contributed by atoms with Crippen molar-refractivity contribution in [2.45, 2.75) is 100 Å². The Hall–Kier alpha value is -3.47. The third-order valence-corrected chi connectivity index (χ3v) is 15.5. The second-order valence-electron chi connectivity index (χ2n) is 18.0. The Kier molecular flexibility index (Phi) is 8.43. The third kappa shape index (κ3) is 4.88. The number of Topliss-reactive ketones (excluding diaryl/α,β-unsaturated/α-hetero) is 1. The van der Waals surface area contributed by atoms with Gasteiger partial charge in [0.2, 0.25) is 0 Å². The second kappa shape index (κ2) is 12.1. The Morgan fingerprint density at radius 1 is 0.880 bits per heavy atom. The van der Waals surface area contributed by atoms with Gasteiger partial charge in [-0.15, -0.1) is 0 Å². The molecule has 0 aliphatic heterocycles. The normalized spacial score (nSPS) is 41.6. The first-order chi connectivity index (χ1) is 23.6. The predicted molar refractivity (Wildman–Crippen MR) is 197 cm³/mol. The quantitative estimate of drug-likeness (QED) is 0.179. The largest absolute Gasteiger partial charge is 0.496 e. The summed E-state index contributed by atoms with van der Waals surface area (Å²) in [5.41, 5.74) is 1.28. The van der Waals surface area contributed by atoms with E-state index in [4.69, 9.17) is 9.47 Å². The van der Waals surface area contributed by atoms with Gasteiger partial charge in [-0.05, 0) is 127 Å². The number of para-hydroxylation sites is 1. The molecule has 2 aromatic rings. The lowest BCUT2D eigenvalue weighted by Crippen LogP contribution is -2.68. The summed E-state index contributed by atoms with van der Waals surface area (Å²) in [6.07, 6.45) is 10.6. The van der Waals surface area contributed by atoms with E-state index in [1.165, 1.54) is 24.8 Å². The molecule has 0 N–H and O–H groups in total. The first-order valence-corrected chi connectivity index (χ1v) is 19.0. The van der Waals surface area contributed by atoms with Crippen molar-refractivity contribution in [1.82, 2.24) is 0 Å². The molecule has 0 saturated heterocycles. The number of ketones is 2. The highest BCUT2D eigenvalue weighted by molar-refractivity contribution is 6.15. The van der Waals surface area contributed by atoms with Crippen LogP contribution in [0.4, 0.5) is 0 Å². The lowest BCUT2D eigenvalue weighted by atomic mass is 9.33. The van der Waals surface area contributed by atoms with Gasteiger partial charge in [0.15, 0.2) is 11.6 Å². The van der Waals surface area contributed by atoms with E-state index < -0.39 is 16.8 Å². The summed E-state index contributed by atoms with van der Waals surface area (Å²) >= 11 is 0. The smallest absolute Gasteiger partial charge is 0.320 e. The van der Waals surface area contributed by atoms with E-state index in [1.807, 2.05) is 60.7 Å². The zero-order valence-corrected chi connectivity index (χ0v) is 31.4. The van der Waals surface area contributed by atoms with Crippen molar-refractivity contribution >= 4 is 23.6 Å². The molecule has 0 aromatic heterocycles. The van der Waals surface area contributed by atoms with Crippen LogP contribution in [0.2, 0.25) is 0 Å². The van der Waals surface area contributed by atoms with Crippen molar-refractivity contribution in [3.63, 3.8) is 0 Å². The molecule has 4 saturated carbocycles. The first kappa shape index (κ1) is 35.0. The van der Waals surface area contributed by atoms with Gasteiger partial charge in [-0.2, -0.15) is 0 Å². The van der Waals surface area contributed by atoms with Crippen LogP contribution in [0.1, 0.15) is 105 Å². The number of hydrogen-bond donors (Lipinski definition) is 0. The van der Waals surface area contributed by atoms with Gasteiger partial charge < -0.3 is 9.47 Å². The minimum Gasteiger partial charge on any atom is -0.496 e. The lowest BCUT2D eigenvalue weighted by Gasteiger charge is -2.70. The topological polar surface area (TPSA) is 69.7 Å². The average Bonchev–Trinajstić information content (AvgIpc) is 3.09. The molecule has 4 fully saturated rings. The van der Waals surface area contributed by atoms with Crippen LogP contribution in [-0.4, -0.2) is 24.6 Å². The zero-order chi connectivity index (χ0) is 35.9. The number of ether oxygens (including phenoxy) is 2. The number of rotatable bonds is 5. The standard InChI is InChI=1S/C45H56O5/c1-28-18-20-41(3)22-23-43(5)33(37(41)29(28)2)25-34(46)38-42(4)26-32(24-31-16-12-13-17-35(31)49-8)39(47)45(7,36(42)19-21-44(38,43)6)40(48)50-27-30-14-10-9-11-15-30/h9-17,24-25,28-29,36-38H,18-23,26-27H2,1-8H3/b32-24+/t28-,29+,36-,37+,38-,41-,42+,43-,44-,45-/m1/s1. The van der Waals surface area contributed by atoms with Crippen LogP contribution in [0, 0.1) is 56.7 Å². The summed E-state index contributed by atoms with van der Waals surface area (Å²) in [5.74, 6) is 1.01. The summed E-state index contributed by atoms with van der Waals surface area (Å²) in [6, 6.07) is 17.3. The Morgan fingerprint density at radius 3 is 2.30 bits per heavy atom. The molecule has 5 aliphatic rings. The molecule has 5 nitrogen and oxygen atoms in total. The maximum absolute atomic E-state index is 15.1. The molecule has 0 radical (unpaired) electrons. The maximum Gasteiger partial charge on any atom is 0.320 e. The number of allylic oxidation sites excluding steroid dienone is 3. The van der Waals surface area contributed by atoms with E-state index in [2.05, 4.69) is 47.6 Å². The maximum atomic E-state index is 15.1. The number of methoxy groups -OCH3 is 1. The summed E-state index contributed by atoms with van der Waals surface area (Å²) in [6.45, 7) is 16.2. The molecule has 50 heavy (non-hydrogen) atoms. The summed E-state index contributed by atoms with van der Waals surface area (Å²) < 4.78 is 11.7. The molecule has 0 amide bonds. The molecule has 0 unspecified atom stereocenters. The third-order valence-electron chi connectivity index (χ3n) is 15.5. The lowest BCUT2D eigenvalue weighted by molar-refractivity contribution is -0.196. The predicted octanol–water partition coefficient (Wildman–Crippen LogP) is 9.84. The van der Waals surface area contributed by atoms with Crippen LogP contribution in [-0.2, 0) is 25.7 Å². The van der Waals surface area contributed by atoms with Crippen LogP contribution in [0.15, 0.2) is 71.8 Å². The highest BCUT2D eigenvalue weighted by Gasteiger charge is 2.72. The zero-order valence-electron chi connectivity index (χ0n) is 31.4. The van der Waals surface area contributed by atoms with E-state index in [9.17, 15) is 9.59 Å². The van der Waals surface area contributed by atoms with Crippen molar-refractivity contribution in [3.8, 4) is 5.75 Å². The SMILES string of the molecule is COc1ccccc1/C=C1\C[C@]2(C)[C@H]3C(=O)C=C4[C@@H]5[C@@H](C)[C@H](C)CC[C@]5(C)CC[C@@]4(C)[C@]3(C)CC[C@H]2[C@@](C)(C(=O)OCc2ccccc2)C1=O. The molecule has 266 valence electrons. The molecule has 7 rings (SSSR count). The van der Waals surface area contributed by atoms with Gasteiger partial charge in [-0.1, -0.05) is 95.6 Å². The van der Waals surface area contributed by atoms with Gasteiger partial charge in [0.05, 0.1) is 7.11 Å². The molecule has 10 atom stereocenters. The van der Waals surface area contributed by atoms with Crippen LogP contribution >= 0.6 is 0 Å². The Balaban J connectivity index is 1.36. The molecule has 0 heterocycles. The van der Waals surface area contributed by atoms with Crippen molar-refractivity contribution in [1.29, 1.82) is 0 Å². The summed E-state index contributed by atoms with van der Waals surface area (Å²) in [5, 5.41) is 0. The van der Waals surface area contributed by atoms with Crippen LogP contribution in [0.5, 0.6) is 5.75 Å². The molecule has 5 aliphatic carbocycles. The molecule has 2 aromatic carbocycles. The Bertz CT molecular complexity index is 1770. The minimum absolute atomic E-state index is 0.0958. The van der Waals surface area contributed by atoms with Gasteiger partial charge in [-0.3, -0.25) is 14.4 Å². The van der Waals surface area contributed by atoms with Gasteiger partial charge >= 0.3 is 5.97 Å². The minimum atomic E-state index is -1.44. The fraction of sp³-hybridized carbons (Fsp3) is 0.578. The molecule has 0 bridgehead atoms. The fourth-order valence-electron chi connectivity index (χ4n) is 12.4. The van der Waals surface area contributed by atoms with E-state index >= 15 is 4.79 Å². The van der Waals surface area contributed by atoms with E-state index in [-0.39, 0.29) is 46.3 Å². The van der Waals surface area contributed by atoms with Crippen molar-refractivity contribution in [2.24, 2.45) is 56.7 Å².